The number of nitrogens with zero attached hydrogens (tertiary/aromatic N) is 1. The first-order valence-electron chi connectivity index (χ1n) is 7.70. The predicted octanol–water partition coefficient (Wildman–Crippen LogP) is 1.09. The fourth-order valence-corrected chi connectivity index (χ4v) is 2.57. The van der Waals surface area contributed by atoms with Gasteiger partial charge < -0.3 is 15.0 Å². The average molecular weight is 298 g/mol. The SMILES string of the molecule is CCCN(CC(=O)OC)C(=O)CCNC(=O)C1CCCC1. The molecule has 0 radical (unpaired) electrons. The Morgan fingerprint density at radius 3 is 2.48 bits per heavy atom. The Bertz CT molecular complexity index is 365. The molecule has 0 unspecified atom stereocenters. The van der Waals surface area contributed by atoms with Gasteiger partial charge in [0.15, 0.2) is 0 Å². The van der Waals surface area contributed by atoms with Crippen LogP contribution in [0.2, 0.25) is 0 Å². The zero-order valence-electron chi connectivity index (χ0n) is 13.0. The molecule has 0 saturated heterocycles. The molecule has 1 rings (SSSR count). The van der Waals surface area contributed by atoms with Crippen LogP contribution in [0.4, 0.5) is 0 Å². The molecule has 1 fully saturated rings. The van der Waals surface area contributed by atoms with Crippen LogP contribution in [0.25, 0.3) is 0 Å². The second-order valence-corrected chi connectivity index (χ2v) is 5.41. The van der Waals surface area contributed by atoms with Gasteiger partial charge in [0.25, 0.3) is 0 Å². The molecular weight excluding hydrogens is 272 g/mol. The Balaban J connectivity index is 2.31. The minimum Gasteiger partial charge on any atom is -0.468 e. The summed E-state index contributed by atoms with van der Waals surface area (Å²) in [6, 6.07) is 0. The monoisotopic (exact) mass is 298 g/mol. The first kappa shape index (κ1) is 17.5. The van der Waals surface area contributed by atoms with Crippen LogP contribution in [0.15, 0.2) is 0 Å². The number of esters is 1. The maximum atomic E-state index is 12.1. The Morgan fingerprint density at radius 1 is 1.24 bits per heavy atom. The van der Waals surface area contributed by atoms with Crippen LogP contribution >= 0.6 is 0 Å². The van der Waals surface area contributed by atoms with Crippen LogP contribution in [0, 0.1) is 5.92 Å². The molecule has 6 nitrogen and oxygen atoms in total. The summed E-state index contributed by atoms with van der Waals surface area (Å²) >= 11 is 0. The maximum absolute atomic E-state index is 12.1. The zero-order chi connectivity index (χ0) is 15.7. The summed E-state index contributed by atoms with van der Waals surface area (Å²) in [5.74, 6) is -0.391. The molecule has 21 heavy (non-hydrogen) atoms. The minimum absolute atomic E-state index is 0.0280. The summed E-state index contributed by atoms with van der Waals surface area (Å²) in [5.41, 5.74) is 0. The first-order chi connectivity index (χ1) is 10.1. The lowest BCUT2D eigenvalue weighted by Crippen LogP contribution is -2.39. The third-order valence-corrected chi connectivity index (χ3v) is 3.76. The molecule has 0 aromatic rings. The number of hydrogen-bond donors (Lipinski definition) is 1. The molecular formula is C15H26N2O4. The molecule has 0 aliphatic heterocycles. The summed E-state index contributed by atoms with van der Waals surface area (Å²) in [6.45, 7) is 2.76. The number of carbonyl (C=O) groups excluding carboxylic acids is 3. The minimum atomic E-state index is -0.424. The normalized spacial score (nSPS) is 14.8. The lowest BCUT2D eigenvalue weighted by Gasteiger charge is -2.21. The Morgan fingerprint density at radius 2 is 1.90 bits per heavy atom. The van der Waals surface area contributed by atoms with Crippen molar-refractivity contribution >= 4 is 17.8 Å². The smallest absolute Gasteiger partial charge is 0.325 e. The summed E-state index contributed by atoms with van der Waals surface area (Å²) in [4.78, 5) is 36.6. The van der Waals surface area contributed by atoms with Gasteiger partial charge in [0.2, 0.25) is 11.8 Å². The molecule has 0 spiro atoms. The quantitative estimate of drug-likeness (QED) is 0.681. The molecule has 1 aliphatic carbocycles. The predicted molar refractivity (Wildman–Crippen MR) is 78.5 cm³/mol. The van der Waals surface area contributed by atoms with E-state index in [1.165, 1.54) is 12.0 Å². The lowest BCUT2D eigenvalue weighted by molar-refractivity contribution is -0.147. The Labute approximate surface area is 126 Å². The fraction of sp³-hybridized carbons (Fsp3) is 0.800. The van der Waals surface area contributed by atoms with Gasteiger partial charge in [-0.15, -0.1) is 0 Å². The lowest BCUT2D eigenvalue weighted by atomic mass is 10.1. The molecule has 2 amide bonds. The van der Waals surface area contributed by atoms with E-state index in [9.17, 15) is 14.4 Å². The van der Waals surface area contributed by atoms with Crippen LogP contribution in [0.5, 0.6) is 0 Å². The molecule has 120 valence electrons. The van der Waals surface area contributed by atoms with E-state index in [2.05, 4.69) is 10.1 Å². The molecule has 0 aromatic carbocycles. The third kappa shape index (κ3) is 6.14. The number of amides is 2. The second-order valence-electron chi connectivity index (χ2n) is 5.41. The van der Waals surface area contributed by atoms with Crippen LogP contribution in [-0.2, 0) is 19.1 Å². The fourth-order valence-electron chi connectivity index (χ4n) is 2.57. The maximum Gasteiger partial charge on any atom is 0.325 e. The van der Waals surface area contributed by atoms with Gasteiger partial charge in [0.1, 0.15) is 6.54 Å². The molecule has 0 bridgehead atoms. The van der Waals surface area contributed by atoms with Crippen molar-refractivity contribution < 1.29 is 19.1 Å². The number of rotatable bonds is 8. The van der Waals surface area contributed by atoms with Gasteiger partial charge in [-0.05, 0) is 19.3 Å². The van der Waals surface area contributed by atoms with Crippen LogP contribution < -0.4 is 5.32 Å². The van der Waals surface area contributed by atoms with Crippen LogP contribution in [0.3, 0.4) is 0 Å². The Hall–Kier alpha value is -1.59. The molecule has 1 aliphatic rings. The number of nitrogens with one attached hydrogen (secondary N) is 1. The summed E-state index contributed by atoms with van der Waals surface area (Å²) < 4.78 is 4.58. The number of hydrogen-bond acceptors (Lipinski definition) is 4. The van der Waals surface area contributed by atoms with Crippen molar-refractivity contribution in [2.75, 3.05) is 26.7 Å². The third-order valence-electron chi connectivity index (χ3n) is 3.76. The number of ether oxygens (including phenoxy) is 1. The van der Waals surface area contributed by atoms with Gasteiger partial charge in [0, 0.05) is 25.4 Å². The highest BCUT2D eigenvalue weighted by Gasteiger charge is 2.23. The van der Waals surface area contributed by atoms with E-state index >= 15 is 0 Å². The van der Waals surface area contributed by atoms with Crippen molar-refractivity contribution in [2.45, 2.75) is 45.4 Å². The number of methoxy groups -OCH3 is 1. The standard InChI is InChI=1S/C15H26N2O4/c1-3-10-17(11-14(19)21-2)13(18)8-9-16-15(20)12-6-4-5-7-12/h12H,3-11H2,1-2H3,(H,16,20). The van der Waals surface area contributed by atoms with E-state index in [1.54, 1.807) is 0 Å². The summed E-state index contributed by atoms with van der Waals surface area (Å²) in [7, 11) is 1.30. The number of carbonyl (C=O) groups is 3. The van der Waals surface area contributed by atoms with E-state index in [1.807, 2.05) is 6.92 Å². The molecule has 0 atom stereocenters. The van der Waals surface area contributed by atoms with Crippen molar-refractivity contribution in [1.29, 1.82) is 0 Å². The van der Waals surface area contributed by atoms with Gasteiger partial charge >= 0.3 is 5.97 Å². The van der Waals surface area contributed by atoms with E-state index in [0.717, 1.165) is 32.1 Å². The van der Waals surface area contributed by atoms with Crippen LogP contribution in [-0.4, -0.2) is 49.4 Å². The van der Waals surface area contributed by atoms with Crippen molar-refractivity contribution in [1.82, 2.24) is 10.2 Å². The van der Waals surface area contributed by atoms with E-state index in [4.69, 9.17) is 0 Å². The highest BCUT2D eigenvalue weighted by Crippen LogP contribution is 2.24. The Kier molecular flexibility index (Phi) is 7.79. The molecule has 1 N–H and O–H groups in total. The van der Waals surface area contributed by atoms with Gasteiger partial charge in [-0.25, -0.2) is 0 Å². The van der Waals surface area contributed by atoms with Crippen LogP contribution in [0.1, 0.15) is 45.4 Å². The topological polar surface area (TPSA) is 75.7 Å². The van der Waals surface area contributed by atoms with E-state index < -0.39 is 5.97 Å². The van der Waals surface area contributed by atoms with Crippen molar-refractivity contribution in [3.8, 4) is 0 Å². The van der Waals surface area contributed by atoms with Gasteiger partial charge in [-0.2, -0.15) is 0 Å². The van der Waals surface area contributed by atoms with Crippen molar-refractivity contribution in [2.24, 2.45) is 5.92 Å². The molecule has 6 heteroatoms. The molecule has 0 heterocycles. The average Bonchev–Trinajstić information content (AvgIpc) is 3.00. The molecule has 0 aromatic heterocycles. The van der Waals surface area contributed by atoms with E-state index in [-0.39, 0.29) is 30.7 Å². The van der Waals surface area contributed by atoms with E-state index in [0.29, 0.717) is 13.1 Å². The highest BCUT2D eigenvalue weighted by molar-refractivity contribution is 5.83. The van der Waals surface area contributed by atoms with Gasteiger partial charge in [-0.3, -0.25) is 14.4 Å². The van der Waals surface area contributed by atoms with Crippen molar-refractivity contribution in [3.05, 3.63) is 0 Å². The summed E-state index contributed by atoms with van der Waals surface area (Å²) in [6.07, 6.45) is 5.11. The largest absolute Gasteiger partial charge is 0.468 e. The van der Waals surface area contributed by atoms with Gasteiger partial charge in [0.05, 0.1) is 7.11 Å². The molecule has 1 saturated carbocycles. The highest BCUT2D eigenvalue weighted by atomic mass is 16.5. The first-order valence-corrected chi connectivity index (χ1v) is 7.70. The van der Waals surface area contributed by atoms with Crippen molar-refractivity contribution in [3.63, 3.8) is 0 Å². The zero-order valence-corrected chi connectivity index (χ0v) is 13.0. The van der Waals surface area contributed by atoms with Gasteiger partial charge in [-0.1, -0.05) is 19.8 Å². The second kappa shape index (κ2) is 9.37. The summed E-state index contributed by atoms with van der Waals surface area (Å²) in [5, 5.41) is 2.82.